The van der Waals surface area contributed by atoms with Gasteiger partial charge in [0, 0.05) is 5.25 Å². The number of fused-ring (bicyclic) bond motifs is 1. The van der Waals surface area contributed by atoms with Gasteiger partial charge in [0.1, 0.15) is 6.10 Å². The Balaban J connectivity index is 1.62. The average Bonchev–Trinajstić information content (AvgIpc) is 3.19. The molecule has 0 aromatic carbocycles. The smallest absolute Gasteiger partial charge is 0.110 e. The van der Waals surface area contributed by atoms with Crippen LogP contribution in [0.5, 0.6) is 0 Å². The molecule has 202 valence electrons. The molecule has 0 aliphatic heterocycles. The summed E-state index contributed by atoms with van der Waals surface area (Å²) in [4.78, 5) is 0. The molecule has 0 bridgehead atoms. The zero-order chi connectivity index (χ0) is 25.6. The molecule has 3 saturated carbocycles. The van der Waals surface area contributed by atoms with Crippen LogP contribution in [0.1, 0.15) is 91.9 Å². The Morgan fingerprint density at radius 3 is 2.46 bits per heavy atom. The lowest BCUT2D eigenvalue weighted by atomic mass is 9.63. The highest BCUT2D eigenvalue weighted by molar-refractivity contribution is 7.99. The molecule has 0 aromatic rings. The van der Waals surface area contributed by atoms with Crippen molar-refractivity contribution < 1.29 is 25.2 Å². The van der Waals surface area contributed by atoms with Gasteiger partial charge in [-0.15, -0.1) is 0 Å². The maximum atomic E-state index is 10.7. The molecule has 3 rings (SSSR count). The maximum Gasteiger partial charge on any atom is 0.110 e. The van der Waals surface area contributed by atoms with Gasteiger partial charge in [-0.1, -0.05) is 51.0 Å². The minimum Gasteiger partial charge on any atom is -0.394 e. The summed E-state index contributed by atoms with van der Waals surface area (Å²) >= 11 is 2.05. The SMILES string of the molecule is CCC(O)(CC)CCS[C@@H](C)[C@H]1CC[C@H]2/C(=C/C=C3CC(O)C(OCCO)[C@H](O)C3)CCC[C@]12C. The molecule has 0 aromatic heterocycles. The van der Waals surface area contributed by atoms with Crippen LogP contribution in [0, 0.1) is 17.3 Å². The third-order valence-corrected chi connectivity index (χ3v) is 10.8. The molecule has 4 N–H and O–H groups in total. The second-order valence-corrected chi connectivity index (χ2v) is 13.0. The third kappa shape index (κ3) is 6.94. The largest absolute Gasteiger partial charge is 0.394 e. The fourth-order valence-corrected chi connectivity index (χ4v) is 8.64. The van der Waals surface area contributed by atoms with E-state index in [9.17, 15) is 15.3 Å². The van der Waals surface area contributed by atoms with Crippen molar-refractivity contribution in [1.29, 1.82) is 0 Å². The minimum absolute atomic E-state index is 0.108. The second kappa shape index (κ2) is 12.9. The van der Waals surface area contributed by atoms with Crippen molar-refractivity contribution in [1.82, 2.24) is 0 Å². The number of hydrogen-bond acceptors (Lipinski definition) is 6. The first-order valence-electron chi connectivity index (χ1n) is 14.0. The van der Waals surface area contributed by atoms with Gasteiger partial charge in [0.15, 0.2) is 0 Å². The van der Waals surface area contributed by atoms with Crippen molar-refractivity contribution in [2.24, 2.45) is 17.3 Å². The van der Waals surface area contributed by atoms with Crippen molar-refractivity contribution in [2.75, 3.05) is 19.0 Å². The average molecular weight is 511 g/mol. The lowest BCUT2D eigenvalue weighted by Crippen LogP contribution is -2.44. The van der Waals surface area contributed by atoms with E-state index in [0.29, 0.717) is 35.3 Å². The fourth-order valence-electron chi connectivity index (χ4n) is 7.09. The first-order chi connectivity index (χ1) is 16.7. The van der Waals surface area contributed by atoms with E-state index in [4.69, 9.17) is 9.84 Å². The summed E-state index contributed by atoms with van der Waals surface area (Å²) < 4.78 is 5.45. The number of rotatable bonds is 11. The number of aliphatic hydroxyl groups excluding tert-OH is 3. The lowest BCUT2D eigenvalue weighted by Gasteiger charge is -2.44. The number of aliphatic hydroxyl groups is 4. The van der Waals surface area contributed by atoms with E-state index in [1.807, 2.05) is 0 Å². The third-order valence-electron chi connectivity index (χ3n) is 9.50. The van der Waals surface area contributed by atoms with Gasteiger partial charge in [-0.2, -0.15) is 11.8 Å². The topological polar surface area (TPSA) is 90.2 Å². The van der Waals surface area contributed by atoms with E-state index in [-0.39, 0.29) is 13.2 Å². The number of thioether (sulfide) groups is 1. The van der Waals surface area contributed by atoms with Crippen LogP contribution >= 0.6 is 11.8 Å². The van der Waals surface area contributed by atoms with Crippen molar-refractivity contribution in [2.45, 2.75) is 121 Å². The summed E-state index contributed by atoms with van der Waals surface area (Å²) in [6, 6.07) is 0. The van der Waals surface area contributed by atoms with Crippen molar-refractivity contribution in [3.63, 3.8) is 0 Å². The van der Waals surface area contributed by atoms with E-state index < -0.39 is 23.9 Å². The Hall–Kier alpha value is -0.370. The quantitative estimate of drug-likeness (QED) is 0.312. The van der Waals surface area contributed by atoms with Crippen LogP contribution in [0.25, 0.3) is 0 Å². The Bertz CT molecular complexity index is 719. The summed E-state index contributed by atoms with van der Waals surface area (Å²) in [5, 5.41) is 41.2. The first-order valence-corrected chi connectivity index (χ1v) is 15.0. The number of ether oxygens (including phenoxy) is 1. The molecule has 5 nitrogen and oxygen atoms in total. The highest BCUT2D eigenvalue weighted by Crippen LogP contribution is 2.59. The zero-order valence-corrected chi connectivity index (χ0v) is 23.2. The normalized spacial score (nSPS) is 37.1. The molecule has 3 aliphatic carbocycles. The maximum absolute atomic E-state index is 10.7. The summed E-state index contributed by atoms with van der Waals surface area (Å²) in [6.45, 7) is 9.12. The lowest BCUT2D eigenvalue weighted by molar-refractivity contribution is -0.115. The fraction of sp³-hybridized carbons (Fsp3) is 0.862. The summed E-state index contributed by atoms with van der Waals surface area (Å²) in [5.41, 5.74) is 2.44. The number of allylic oxidation sites excluding steroid dienone is 3. The van der Waals surface area contributed by atoms with Crippen LogP contribution < -0.4 is 0 Å². The summed E-state index contributed by atoms with van der Waals surface area (Å²) in [6.07, 6.45) is 12.1. The standard InChI is InChI=1S/C29H50O5S/c1-5-29(33,6-2)14-17-35-20(3)23-11-12-24-22(8-7-13-28(23,24)4)10-9-21-18-25(31)27(26(32)19-21)34-16-15-30/h9-10,20,23-27,30-33H,5-8,11-19H2,1-4H3/b21-9?,22-10+/t20-,23+,24-,25+,26?,27?,28+/m0/s1. The molecular formula is C29H50O5S. The predicted molar refractivity (Wildman–Crippen MR) is 144 cm³/mol. The predicted octanol–water partition coefficient (Wildman–Crippen LogP) is 5.01. The molecule has 0 heterocycles. The Kier molecular flexibility index (Phi) is 10.8. The van der Waals surface area contributed by atoms with Gasteiger partial charge in [0.25, 0.3) is 0 Å². The van der Waals surface area contributed by atoms with Crippen LogP contribution in [0.4, 0.5) is 0 Å². The molecule has 2 unspecified atom stereocenters. The zero-order valence-electron chi connectivity index (χ0n) is 22.4. The molecule has 0 spiro atoms. The van der Waals surface area contributed by atoms with E-state index in [1.165, 1.54) is 25.7 Å². The van der Waals surface area contributed by atoms with E-state index in [2.05, 4.69) is 51.6 Å². The van der Waals surface area contributed by atoms with Gasteiger partial charge >= 0.3 is 0 Å². The van der Waals surface area contributed by atoms with Crippen molar-refractivity contribution in [3.8, 4) is 0 Å². The van der Waals surface area contributed by atoms with Crippen LogP contribution in [-0.4, -0.2) is 68.6 Å². The molecule has 0 radical (unpaired) electrons. The van der Waals surface area contributed by atoms with E-state index in [1.54, 1.807) is 5.57 Å². The molecule has 3 aliphatic rings. The molecule has 0 saturated heterocycles. The Morgan fingerprint density at radius 1 is 1.14 bits per heavy atom. The van der Waals surface area contributed by atoms with Crippen molar-refractivity contribution >= 4 is 11.8 Å². The van der Waals surface area contributed by atoms with Crippen LogP contribution in [0.3, 0.4) is 0 Å². The monoisotopic (exact) mass is 510 g/mol. The Morgan fingerprint density at radius 2 is 1.83 bits per heavy atom. The minimum atomic E-state index is -0.738. The van der Waals surface area contributed by atoms with Gasteiger partial charge in [-0.05, 0) is 87.2 Å². The number of hydrogen-bond donors (Lipinski definition) is 4. The molecule has 35 heavy (non-hydrogen) atoms. The van der Waals surface area contributed by atoms with Gasteiger partial charge in [-0.3, -0.25) is 0 Å². The molecule has 6 heteroatoms. The molecule has 3 fully saturated rings. The van der Waals surface area contributed by atoms with Gasteiger partial charge in [0.2, 0.25) is 0 Å². The summed E-state index contributed by atoms with van der Waals surface area (Å²) in [5.74, 6) is 2.34. The molecular weight excluding hydrogens is 460 g/mol. The van der Waals surface area contributed by atoms with Crippen LogP contribution in [-0.2, 0) is 4.74 Å². The van der Waals surface area contributed by atoms with E-state index >= 15 is 0 Å². The Labute approximate surface area is 217 Å². The van der Waals surface area contributed by atoms with Gasteiger partial charge < -0.3 is 25.2 Å². The van der Waals surface area contributed by atoms with Crippen LogP contribution in [0.2, 0.25) is 0 Å². The van der Waals surface area contributed by atoms with Gasteiger partial charge in [0.05, 0.1) is 31.0 Å². The highest BCUT2D eigenvalue weighted by atomic mass is 32.2. The van der Waals surface area contributed by atoms with Gasteiger partial charge in [-0.25, -0.2) is 0 Å². The summed E-state index contributed by atoms with van der Waals surface area (Å²) in [7, 11) is 0. The molecule has 0 amide bonds. The molecule has 7 atom stereocenters. The first kappa shape index (κ1) is 29.2. The highest BCUT2D eigenvalue weighted by Gasteiger charge is 2.50. The van der Waals surface area contributed by atoms with Crippen LogP contribution in [0.15, 0.2) is 23.3 Å². The second-order valence-electron chi connectivity index (χ2n) is 11.5. The van der Waals surface area contributed by atoms with E-state index in [0.717, 1.165) is 37.0 Å². The van der Waals surface area contributed by atoms with Crippen molar-refractivity contribution in [3.05, 3.63) is 23.3 Å².